The molecule has 120 valence electrons. The maximum atomic E-state index is 12.0. The van der Waals surface area contributed by atoms with E-state index in [0.29, 0.717) is 19.7 Å². The molecule has 1 aliphatic rings. The van der Waals surface area contributed by atoms with E-state index in [-0.39, 0.29) is 30.8 Å². The second-order valence-electron chi connectivity index (χ2n) is 5.19. The molecular weight excluding hydrogens is 284 g/mol. The SMILES string of the molecule is CCOC(=O)CCC(=O)N1CCC(Oc2cccnc2)CC1. The van der Waals surface area contributed by atoms with Gasteiger partial charge in [-0.2, -0.15) is 0 Å². The van der Waals surface area contributed by atoms with E-state index in [0.717, 1.165) is 18.6 Å². The van der Waals surface area contributed by atoms with Crippen molar-refractivity contribution in [2.24, 2.45) is 0 Å². The van der Waals surface area contributed by atoms with Crippen LogP contribution in [0.25, 0.3) is 0 Å². The van der Waals surface area contributed by atoms with Crippen LogP contribution in [0.15, 0.2) is 24.5 Å². The number of piperidine rings is 1. The first-order valence-corrected chi connectivity index (χ1v) is 7.69. The van der Waals surface area contributed by atoms with Crippen molar-refractivity contribution in [1.29, 1.82) is 0 Å². The fraction of sp³-hybridized carbons (Fsp3) is 0.562. The first kappa shape index (κ1) is 16.3. The molecule has 0 aliphatic carbocycles. The zero-order chi connectivity index (χ0) is 15.8. The van der Waals surface area contributed by atoms with Gasteiger partial charge in [0.2, 0.25) is 5.91 Å². The van der Waals surface area contributed by atoms with Crippen LogP contribution in [-0.2, 0) is 14.3 Å². The van der Waals surface area contributed by atoms with Crippen molar-refractivity contribution in [1.82, 2.24) is 9.88 Å². The number of amides is 1. The number of carbonyl (C=O) groups is 2. The van der Waals surface area contributed by atoms with E-state index >= 15 is 0 Å². The molecule has 1 saturated heterocycles. The molecule has 1 amide bonds. The Balaban J connectivity index is 1.70. The maximum absolute atomic E-state index is 12.0. The van der Waals surface area contributed by atoms with Gasteiger partial charge in [0.25, 0.3) is 0 Å². The molecule has 1 aliphatic heterocycles. The Bertz CT molecular complexity index is 484. The number of pyridine rings is 1. The third-order valence-corrected chi connectivity index (χ3v) is 3.58. The van der Waals surface area contributed by atoms with Crippen molar-refractivity contribution >= 4 is 11.9 Å². The van der Waals surface area contributed by atoms with E-state index in [2.05, 4.69) is 4.98 Å². The molecule has 0 atom stereocenters. The summed E-state index contributed by atoms with van der Waals surface area (Å²) < 4.78 is 10.7. The highest BCUT2D eigenvalue weighted by molar-refractivity contribution is 5.81. The van der Waals surface area contributed by atoms with Gasteiger partial charge in [-0.3, -0.25) is 14.6 Å². The predicted octanol–water partition coefficient (Wildman–Crippen LogP) is 1.79. The number of carbonyl (C=O) groups excluding carboxylic acids is 2. The number of likely N-dealkylation sites (tertiary alicyclic amines) is 1. The second-order valence-corrected chi connectivity index (χ2v) is 5.19. The largest absolute Gasteiger partial charge is 0.489 e. The van der Waals surface area contributed by atoms with Gasteiger partial charge in [0, 0.05) is 38.5 Å². The number of esters is 1. The van der Waals surface area contributed by atoms with E-state index in [9.17, 15) is 9.59 Å². The van der Waals surface area contributed by atoms with Crippen molar-refractivity contribution in [3.63, 3.8) is 0 Å². The van der Waals surface area contributed by atoms with E-state index in [1.807, 2.05) is 12.1 Å². The highest BCUT2D eigenvalue weighted by Crippen LogP contribution is 2.18. The van der Waals surface area contributed by atoms with Gasteiger partial charge in [-0.25, -0.2) is 0 Å². The summed E-state index contributed by atoms with van der Waals surface area (Å²) in [5, 5.41) is 0. The Hall–Kier alpha value is -2.11. The number of hydrogen-bond acceptors (Lipinski definition) is 5. The second kappa shape index (κ2) is 8.36. The third-order valence-electron chi connectivity index (χ3n) is 3.58. The molecule has 1 fully saturated rings. The minimum Gasteiger partial charge on any atom is -0.489 e. The normalized spacial score (nSPS) is 15.4. The molecule has 0 unspecified atom stereocenters. The third kappa shape index (κ3) is 5.02. The number of nitrogens with zero attached hydrogens (tertiary/aromatic N) is 2. The zero-order valence-electron chi connectivity index (χ0n) is 12.9. The molecule has 0 N–H and O–H groups in total. The van der Waals surface area contributed by atoms with Crippen LogP contribution >= 0.6 is 0 Å². The maximum Gasteiger partial charge on any atom is 0.306 e. The van der Waals surface area contributed by atoms with Gasteiger partial charge in [0.1, 0.15) is 11.9 Å². The minimum absolute atomic E-state index is 0.00730. The molecule has 0 radical (unpaired) electrons. The van der Waals surface area contributed by atoms with Crippen LogP contribution in [0.3, 0.4) is 0 Å². The number of hydrogen-bond donors (Lipinski definition) is 0. The topological polar surface area (TPSA) is 68.7 Å². The molecule has 22 heavy (non-hydrogen) atoms. The Morgan fingerprint density at radius 1 is 1.32 bits per heavy atom. The van der Waals surface area contributed by atoms with Crippen LogP contribution < -0.4 is 4.74 Å². The van der Waals surface area contributed by atoms with Crippen molar-refractivity contribution in [3.8, 4) is 5.75 Å². The van der Waals surface area contributed by atoms with Crippen LogP contribution in [0.5, 0.6) is 5.75 Å². The van der Waals surface area contributed by atoms with Crippen LogP contribution in [0, 0.1) is 0 Å². The highest BCUT2D eigenvalue weighted by Gasteiger charge is 2.24. The monoisotopic (exact) mass is 306 g/mol. The van der Waals surface area contributed by atoms with Crippen molar-refractivity contribution in [2.75, 3.05) is 19.7 Å². The molecule has 0 aromatic carbocycles. The van der Waals surface area contributed by atoms with E-state index in [1.165, 1.54) is 0 Å². The van der Waals surface area contributed by atoms with Crippen molar-refractivity contribution in [3.05, 3.63) is 24.5 Å². The first-order chi connectivity index (χ1) is 10.7. The standard InChI is InChI=1S/C16H22N2O4/c1-2-21-16(20)6-5-15(19)18-10-7-13(8-11-18)22-14-4-3-9-17-12-14/h3-4,9,12-13H,2,5-8,10-11H2,1H3. The molecule has 2 heterocycles. The summed E-state index contributed by atoms with van der Waals surface area (Å²) in [6.45, 7) is 3.43. The van der Waals surface area contributed by atoms with Crippen LogP contribution in [0.2, 0.25) is 0 Å². The average Bonchev–Trinajstić information content (AvgIpc) is 2.54. The summed E-state index contributed by atoms with van der Waals surface area (Å²) >= 11 is 0. The summed E-state index contributed by atoms with van der Waals surface area (Å²) in [5.41, 5.74) is 0. The lowest BCUT2D eigenvalue weighted by molar-refractivity contribution is -0.146. The summed E-state index contributed by atoms with van der Waals surface area (Å²) in [6, 6.07) is 3.72. The Morgan fingerprint density at radius 2 is 2.09 bits per heavy atom. The molecule has 1 aromatic heterocycles. The molecule has 1 aromatic rings. The van der Waals surface area contributed by atoms with Crippen LogP contribution in [-0.4, -0.2) is 47.6 Å². The lowest BCUT2D eigenvalue weighted by Crippen LogP contribution is -2.41. The number of rotatable bonds is 6. The molecule has 2 rings (SSSR count). The molecule has 6 nitrogen and oxygen atoms in total. The Kier molecular flexibility index (Phi) is 6.18. The van der Waals surface area contributed by atoms with Gasteiger partial charge in [-0.15, -0.1) is 0 Å². The highest BCUT2D eigenvalue weighted by atomic mass is 16.5. The summed E-state index contributed by atoms with van der Waals surface area (Å²) in [5.74, 6) is 0.452. The van der Waals surface area contributed by atoms with Gasteiger partial charge in [0.15, 0.2) is 0 Å². The minimum atomic E-state index is -0.314. The fourth-order valence-electron chi connectivity index (χ4n) is 2.43. The van der Waals surface area contributed by atoms with Crippen LogP contribution in [0.4, 0.5) is 0 Å². The smallest absolute Gasteiger partial charge is 0.306 e. The molecule has 0 spiro atoms. The van der Waals surface area contributed by atoms with Gasteiger partial charge in [-0.1, -0.05) is 0 Å². The first-order valence-electron chi connectivity index (χ1n) is 7.69. The Labute approximate surface area is 130 Å². The molecule has 0 bridgehead atoms. The Morgan fingerprint density at radius 3 is 2.73 bits per heavy atom. The van der Waals surface area contributed by atoms with Gasteiger partial charge >= 0.3 is 5.97 Å². The van der Waals surface area contributed by atoms with E-state index < -0.39 is 0 Å². The summed E-state index contributed by atoms with van der Waals surface area (Å²) in [7, 11) is 0. The lowest BCUT2D eigenvalue weighted by atomic mass is 10.1. The van der Waals surface area contributed by atoms with E-state index in [4.69, 9.17) is 9.47 Å². The van der Waals surface area contributed by atoms with Gasteiger partial charge in [0.05, 0.1) is 19.2 Å². The van der Waals surface area contributed by atoms with Crippen LogP contribution in [0.1, 0.15) is 32.6 Å². The van der Waals surface area contributed by atoms with E-state index in [1.54, 1.807) is 24.2 Å². The number of ether oxygens (including phenoxy) is 2. The zero-order valence-corrected chi connectivity index (χ0v) is 12.9. The van der Waals surface area contributed by atoms with Gasteiger partial charge < -0.3 is 14.4 Å². The van der Waals surface area contributed by atoms with Gasteiger partial charge in [-0.05, 0) is 19.1 Å². The number of aromatic nitrogens is 1. The predicted molar refractivity (Wildman–Crippen MR) is 80.3 cm³/mol. The summed E-state index contributed by atoms with van der Waals surface area (Å²) in [6.07, 6.45) is 5.46. The molecular formula is C16H22N2O4. The summed E-state index contributed by atoms with van der Waals surface area (Å²) in [4.78, 5) is 29.1. The molecule has 0 saturated carbocycles. The quantitative estimate of drug-likeness (QED) is 0.750. The fourth-order valence-corrected chi connectivity index (χ4v) is 2.43. The molecule has 6 heteroatoms. The van der Waals surface area contributed by atoms with Crippen molar-refractivity contribution < 1.29 is 19.1 Å². The average molecular weight is 306 g/mol. The lowest BCUT2D eigenvalue weighted by Gasteiger charge is -2.32. The van der Waals surface area contributed by atoms with Crippen molar-refractivity contribution in [2.45, 2.75) is 38.7 Å².